The van der Waals surface area contributed by atoms with Gasteiger partial charge in [-0.05, 0) is 36.8 Å². The Labute approximate surface area is 149 Å². The number of oxazole rings is 1. The standard InChI is InChI=1S/C19H16ClNO4/c1-12-17(21-19(25-12)13-5-3-2-4-6-13)11-24-18(23)9-14-7-8-15(22)10-16(14)20/h2-8,10,22H,9,11H2,1H3. The zero-order valence-corrected chi connectivity index (χ0v) is 14.3. The largest absolute Gasteiger partial charge is 0.508 e. The van der Waals surface area contributed by atoms with Gasteiger partial charge in [0.25, 0.3) is 0 Å². The molecule has 25 heavy (non-hydrogen) atoms. The molecular weight excluding hydrogens is 342 g/mol. The van der Waals surface area contributed by atoms with Crippen molar-refractivity contribution in [2.24, 2.45) is 0 Å². The number of aromatic nitrogens is 1. The van der Waals surface area contributed by atoms with E-state index in [0.717, 1.165) is 5.56 Å². The van der Waals surface area contributed by atoms with Gasteiger partial charge in [-0.3, -0.25) is 4.79 Å². The van der Waals surface area contributed by atoms with E-state index in [-0.39, 0.29) is 18.8 Å². The fraction of sp³-hybridized carbons (Fsp3) is 0.158. The van der Waals surface area contributed by atoms with E-state index in [2.05, 4.69) is 4.98 Å². The van der Waals surface area contributed by atoms with Crippen molar-refractivity contribution < 1.29 is 19.1 Å². The van der Waals surface area contributed by atoms with E-state index in [0.29, 0.717) is 27.9 Å². The topological polar surface area (TPSA) is 72.6 Å². The van der Waals surface area contributed by atoms with Gasteiger partial charge >= 0.3 is 5.97 Å². The first-order chi connectivity index (χ1) is 12.0. The van der Waals surface area contributed by atoms with Gasteiger partial charge in [0.15, 0.2) is 0 Å². The van der Waals surface area contributed by atoms with Gasteiger partial charge in [0.1, 0.15) is 23.8 Å². The Morgan fingerprint density at radius 1 is 1.24 bits per heavy atom. The predicted molar refractivity (Wildman–Crippen MR) is 93.3 cm³/mol. The first kappa shape index (κ1) is 17.0. The van der Waals surface area contributed by atoms with Crippen LogP contribution in [0.1, 0.15) is 17.0 Å². The number of rotatable bonds is 5. The number of phenolic OH excluding ortho intramolecular Hbond substituents is 1. The number of aryl methyl sites for hydroxylation is 1. The molecule has 0 atom stereocenters. The summed E-state index contributed by atoms with van der Waals surface area (Å²) in [4.78, 5) is 16.4. The van der Waals surface area contributed by atoms with Crippen molar-refractivity contribution in [1.82, 2.24) is 4.98 Å². The Kier molecular flexibility index (Phi) is 5.05. The third-order valence-electron chi connectivity index (χ3n) is 3.65. The molecule has 0 radical (unpaired) electrons. The lowest BCUT2D eigenvalue weighted by Crippen LogP contribution is -2.09. The molecule has 3 rings (SSSR count). The number of hydrogen-bond acceptors (Lipinski definition) is 5. The van der Waals surface area contributed by atoms with Gasteiger partial charge in [-0.2, -0.15) is 0 Å². The number of ether oxygens (including phenoxy) is 1. The minimum Gasteiger partial charge on any atom is -0.508 e. The van der Waals surface area contributed by atoms with Crippen LogP contribution in [0.15, 0.2) is 52.9 Å². The van der Waals surface area contributed by atoms with Gasteiger partial charge in [-0.15, -0.1) is 0 Å². The summed E-state index contributed by atoms with van der Waals surface area (Å²) in [6.07, 6.45) is 0.0154. The monoisotopic (exact) mass is 357 g/mol. The first-order valence-electron chi connectivity index (χ1n) is 7.67. The number of benzene rings is 2. The summed E-state index contributed by atoms with van der Waals surface area (Å²) >= 11 is 5.99. The molecule has 6 heteroatoms. The molecule has 0 aliphatic carbocycles. The van der Waals surface area contributed by atoms with E-state index < -0.39 is 5.97 Å². The molecule has 5 nitrogen and oxygen atoms in total. The molecular formula is C19H16ClNO4. The Morgan fingerprint density at radius 2 is 2.00 bits per heavy atom. The van der Waals surface area contributed by atoms with Crippen molar-refractivity contribution in [3.8, 4) is 17.2 Å². The maximum Gasteiger partial charge on any atom is 0.310 e. The van der Waals surface area contributed by atoms with Gasteiger partial charge in [0.05, 0.1) is 6.42 Å². The van der Waals surface area contributed by atoms with Gasteiger partial charge in [0.2, 0.25) is 5.89 Å². The first-order valence-corrected chi connectivity index (χ1v) is 8.05. The number of phenols is 1. The molecule has 1 aromatic heterocycles. The minimum atomic E-state index is -0.434. The van der Waals surface area contributed by atoms with Gasteiger partial charge < -0.3 is 14.3 Å². The minimum absolute atomic E-state index is 0.0154. The average molecular weight is 358 g/mol. The van der Waals surface area contributed by atoms with Crippen LogP contribution >= 0.6 is 11.6 Å². The molecule has 0 saturated heterocycles. The zero-order valence-electron chi connectivity index (χ0n) is 13.5. The summed E-state index contributed by atoms with van der Waals surface area (Å²) in [7, 11) is 0. The maximum absolute atomic E-state index is 12.0. The molecule has 0 aliphatic rings. The number of nitrogens with zero attached hydrogens (tertiary/aromatic N) is 1. The van der Waals surface area contributed by atoms with Crippen LogP contribution < -0.4 is 0 Å². The number of hydrogen-bond donors (Lipinski definition) is 1. The summed E-state index contributed by atoms with van der Waals surface area (Å²) in [6, 6.07) is 14.0. The molecule has 0 fully saturated rings. The highest BCUT2D eigenvalue weighted by molar-refractivity contribution is 6.31. The highest BCUT2D eigenvalue weighted by Crippen LogP contribution is 2.23. The van der Waals surface area contributed by atoms with Crippen molar-refractivity contribution in [3.05, 3.63) is 70.6 Å². The van der Waals surface area contributed by atoms with Crippen LogP contribution in [0, 0.1) is 6.92 Å². The second-order valence-corrected chi connectivity index (χ2v) is 5.91. The van der Waals surface area contributed by atoms with Crippen molar-refractivity contribution >= 4 is 17.6 Å². The molecule has 128 valence electrons. The second kappa shape index (κ2) is 7.40. The zero-order chi connectivity index (χ0) is 17.8. The maximum atomic E-state index is 12.0. The van der Waals surface area contributed by atoms with Crippen LogP contribution in [0.3, 0.4) is 0 Å². The van der Waals surface area contributed by atoms with Crippen molar-refractivity contribution in [3.63, 3.8) is 0 Å². The summed E-state index contributed by atoms with van der Waals surface area (Å²) < 4.78 is 10.9. The molecule has 0 amide bonds. The number of esters is 1. The van der Waals surface area contributed by atoms with E-state index in [9.17, 15) is 9.90 Å². The lowest BCUT2D eigenvalue weighted by atomic mass is 10.1. The number of carbonyl (C=O) groups is 1. The van der Waals surface area contributed by atoms with Crippen molar-refractivity contribution in [1.29, 1.82) is 0 Å². The van der Waals surface area contributed by atoms with Crippen LogP contribution in [0.2, 0.25) is 5.02 Å². The van der Waals surface area contributed by atoms with Crippen LogP contribution in [0.5, 0.6) is 5.75 Å². The van der Waals surface area contributed by atoms with Crippen LogP contribution in [-0.4, -0.2) is 16.1 Å². The molecule has 1 heterocycles. The quantitative estimate of drug-likeness (QED) is 0.689. The highest BCUT2D eigenvalue weighted by atomic mass is 35.5. The third kappa shape index (κ3) is 4.19. The van der Waals surface area contributed by atoms with E-state index >= 15 is 0 Å². The molecule has 0 saturated carbocycles. The summed E-state index contributed by atoms with van der Waals surface area (Å²) in [5.74, 6) is 0.713. The number of halogens is 1. The SMILES string of the molecule is Cc1oc(-c2ccccc2)nc1COC(=O)Cc1ccc(O)cc1Cl. The van der Waals surface area contributed by atoms with Crippen LogP contribution in [0.25, 0.3) is 11.5 Å². The molecule has 2 aromatic carbocycles. The fourth-order valence-corrected chi connectivity index (χ4v) is 2.54. The molecule has 0 spiro atoms. The summed E-state index contributed by atoms with van der Waals surface area (Å²) in [5.41, 5.74) is 2.02. The Balaban J connectivity index is 1.63. The summed E-state index contributed by atoms with van der Waals surface area (Å²) in [6.45, 7) is 1.80. The van der Waals surface area contributed by atoms with Crippen molar-refractivity contribution in [2.45, 2.75) is 20.0 Å². The number of carbonyl (C=O) groups excluding carboxylic acids is 1. The Morgan fingerprint density at radius 3 is 2.72 bits per heavy atom. The third-order valence-corrected chi connectivity index (χ3v) is 4.01. The average Bonchev–Trinajstić information content (AvgIpc) is 2.97. The van der Waals surface area contributed by atoms with Crippen LogP contribution in [-0.2, 0) is 22.6 Å². The predicted octanol–water partition coefficient (Wildman–Crippen LogP) is 4.29. The molecule has 0 bridgehead atoms. The molecule has 0 aliphatic heterocycles. The Hall–Kier alpha value is -2.79. The number of aromatic hydroxyl groups is 1. The fourth-order valence-electron chi connectivity index (χ4n) is 2.30. The molecule has 0 unspecified atom stereocenters. The smallest absolute Gasteiger partial charge is 0.310 e. The molecule has 1 N–H and O–H groups in total. The van der Waals surface area contributed by atoms with Crippen LogP contribution in [0.4, 0.5) is 0 Å². The van der Waals surface area contributed by atoms with E-state index in [4.69, 9.17) is 20.8 Å². The Bertz CT molecular complexity index is 890. The van der Waals surface area contributed by atoms with E-state index in [1.54, 1.807) is 13.0 Å². The van der Waals surface area contributed by atoms with Crippen molar-refractivity contribution in [2.75, 3.05) is 0 Å². The normalized spacial score (nSPS) is 10.6. The van der Waals surface area contributed by atoms with Gasteiger partial charge in [-0.25, -0.2) is 4.98 Å². The lowest BCUT2D eigenvalue weighted by Gasteiger charge is -2.05. The van der Waals surface area contributed by atoms with E-state index in [1.807, 2.05) is 30.3 Å². The van der Waals surface area contributed by atoms with E-state index in [1.165, 1.54) is 12.1 Å². The highest BCUT2D eigenvalue weighted by Gasteiger charge is 2.14. The summed E-state index contributed by atoms with van der Waals surface area (Å²) in [5, 5.41) is 9.65. The van der Waals surface area contributed by atoms with Gasteiger partial charge in [0, 0.05) is 10.6 Å². The lowest BCUT2D eigenvalue weighted by molar-refractivity contribution is -0.144. The molecule has 3 aromatic rings. The van der Waals surface area contributed by atoms with Gasteiger partial charge in [-0.1, -0.05) is 35.9 Å². The second-order valence-electron chi connectivity index (χ2n) is 5.50.